The van der Waals surface area contributed by atoms with Crippen molar-refractivity contribution in [2.24, 2.45) is 0 Å². The molecule has 1 N–H and O–H groups in total. The van der Waals surface area contributed by atoms with Crippen molar-refractivity contribution in [1.82, 2.24) is 20.3 Å². The minimum absolute atomic E-state index is 0.00657. The van der Waals surface area contributed by atoms with Crippen LogP contribution in [0.25, 0.3) is 22.2 Å². The molecule has 2 aromatic heterocycles. The fraction of sp³-hybridized carbons (Fsp3) is 0.300. The van der Waals surface area contributed by atoms with Crippen molar-refractivity contribution in [1.29, 1.82) is 0 Å². The highest BCUT2D eigenvalue weighted by atomic mass is 19.4. The zero-order chi connectivity index (χ0) is 21.2. The molecule has 2 heterocycles. The van der Waals surface area contributed by atoms with Crippen molar-refractivity contribution in [2.45, 2.75) is 39.1 Å². The van der Waals surface area contributed by atoms with Crippen LogP contribution in [0.3, 0.4) is 0 Å². The summed E-state index contributed by atoms with van der Waals surface area (Å²) in [4.78, 5) is 24.7. The zero-order valence-corrected chi connectivity index (χ0v) is 16.0. The fourth-order valence-electron chi connectivity index (χ4n) is 2.61. The molecule has 0 aliphatic heterocycles. The summed E-state index contributed by atoms with van der Waals surface area (Å²) >= 11 is 0. The van der Waals surface area contributed by atoms with E-state index in [2.05, 4.69) is 20.3 Å². The molecule has 1 amide bonds. The summed E-state index contributed by atoms with van der Waals surface area (Å²) in [6.45, 7) is 5.22. The maximum absolute atomic E-state index is 12.8. The number of pyridine rings is 1. The second-order valence-corrected chi connectivity index (χ2v) is 7.31. The minimum Gasteiger partial charge on any atom is -0.444 e. The molecule has 3 aromatic rings. The Kier molecular flexibility index (Phi) is 5.41. The Bertz CT molecular complexity index is 1030. The molecule has 6 nitrogen and oxygen atoms in total. The normalized spacial score (nSPS) is 12.1. The van der Waals surface area contributed by atoms with Gasteiger partial charge in [0.15, 0.2) is 0 Å². The van der Waals surface area contributed by atoms with Crippen LogP contribution in [-0.2, 0) is 17.5 Å². The maximum Gasteiger partial charge on any atom is 0.416 e. The summed E-state index contributed by atoms with van der Waals surface area (Å²) in [5, 5.41) is 3.21. The molecule has 29 heavy (non-hydrogen) atoms. The SMILES string of the molecule is CC(C)(C)OC(=O)NCc1nc(-c2ccc(C(F)(F)F)cc2)c2ccncc2n1. The van der Waals surface area contributed by atoms with Gasteiger partial charge in [-0.3, -0.25) is 4.98 Å². The molecule has 1 aromatic carbocycles. The average molecular weight is 404 g/mol. The summed E-state index contributed by atoms with van der Waals surface area (Å²) in [5.74, 6) is 0.284. The molecule has 0 aliphatic carbocycles. The van der Waals surface area contributed by atoms with Gasteiger partial charge in [0.25, 0.3) is 0 Å². The van der Waals surface area contributed by atoms with E-state index in [9.17, 15) is 18.0 Å². The van der Waals surface area contributed by atoms with Crippen molar-refractivity contribution in [3.8, 4) is 11.3 Å². The van der Waals surface area contributed by atoms with Gasteiger partial charge in [0.1, 0.15) is 11.4 Å². The van der Waals surface area contributed by atoms with Gasteiger partial charge in [-0.2, -0.15) is 13.2 Å². The molecular weight excluding hydrogens is 385 g/mol. The van der Waals surface area contributed by atoms with Crippen molar-refractivity contribution in [3.63, 3.8) is 0 Å². The number of amides is 1. The van der Waals surface area contributed by atoms with Crippen LogP contribution in [0.15, 0.2) is 42.7 Å². The topological polar surface area (TPSA) is 77.0 Å². The Hall–Kier alpha value is -3.23. The van der Waals surface area contributed by atoms with Gasteiger partial charge < -0.3 is 10.1 Å². The predicted molar refractivity (Wildman–Crippen MR) is 101 cm³/mol. The molecule has 0 saturated heterocycles. The van der Waals surface area contributed by atoms with E-state index in [1.807, 2.05) is 0 Å². The number of rotatable bonds is 3. The van der Waals surface area contributed by atoms with Crippen LogP contribution in [0, 0.1) is 0 Å². The Morgan fingerprint density at radius 1 is 1.07 bits per heavy atom. The summed E-state index contributed by atoms with van der Waals surface area (Å²) in [7, 11) is 0. The zero-order valence-electron chi connectivity index (χ0n) is 16.0. The van der Waals surface area contributed by atoms with Crippen LogP contribution in [0.5, 0.6) is 0 Å². The van der Waals surface area contributed by atoms with E-state index in [1.54, 1.807) is 33.0 Å². The van der Waals surface area contributed by atoms with E-state index in [1.165, 1.54) is 18.3 Å². The number of benzene rings is 1. The standard InChI is InChI=1S/C20H19F3N4O2/c1-19(2,3)29-18(28)25-11-16-26-15-10-24-9-8-14(15)17(27-16)12-4-6-13(7-5-12)20(21,22)23/h4-10H,11H2,1-3H3,(H,25,28). The number of hydrogen-bond acceptors (Lipinski definition) is 5. The number of alkyl carbamates (subject to hydrolysis) is 1. The number of carbonyl (C=O) groups excluding carboxylic acids is 1. The molecule has 0 spiro atoms. The molecule has 3 rings (SSSR count). The highest BCUT2D eigenvalue weighted by Crippen LogP contribution is 2.32. The number of hydrogen-bond donors (Lipinski definition) is 1. The molecule has 0 bridgehead atoms. The van der Waals surface area contributed by atoms with Crippen molar-refractivity contribution < 1.29 is 22.7 Å². The lowest BCUT2D eigenvalue weighted by Gasteiger charge is -2.19. The number of carbonyl (C=O) groups is 1. The highest BCUT2D eigenvalue weighted by molar-refractivity contribution is 5.91. The summed E-state index contributed by atoms with van der Waals surface area (Å²) < 4.78 is 43.7. The minimum atomic E-state index is -4.42. The van der Waals surface area contributed by atoms with Gasteiger partial charge in [0, 0.05) is 17.1 Å². The Balaban J connectivity index is 1.93. The first-order valence-corrected chi connectivity index (χ1v) is 8.78. The van der Waals surface area contributed by atoms with Crippen LogP contribution in [-0.4, -0.2) is 26.6 Å². The lowest BCUT2D eigenvalue weighted by Crippen LogP contribution is -2.32. The molecule has 152 valence electrons. The molecule has 0 fully saturated rings. The third-order valence-corrected chi connectivity index (χ3v) is 3.82. The lowest BCUT2D eigenvalue weighted by atomic mass is 10.1. The van der Waals surface area contributed by atoms with E-state index < -0.39 is 23.4 Å². The van der Waals surface area contributed by atoms with Crippen LogP contribution in [0.4, 0.5) is 18.0 Å². The predicted octanol–water partition coefficient (Wildman–Crippen LogP) is 4.74. The smallest absolute Gasteiger partial charge is 0.416 e. The van der Waals surface area contributed by atoms with Gasteiger partial charge in [0.2, 0.25) is 0 Å². The van der Waals surface area contributed by atoms with Gasteiger partial charge in [-0.1, -0.05) is 12.1 Å². The second kappa shape index (κ2) is 7.65. The van der Waals surface area contributed by atoms with E-state index >= 15 is 0 Å². The number of nitrogens with one attached hydrogen (secondary N) is 1. The molecule has 0 atom stereocenters. The van der Waals surface area contributed by atoms with Gasteiger partial charge in [0.05, 0.1) is 29.5 Å². The van der Waals surface area contributed by atoms with Crippen molar-refractivity contribution >= 4 is 17.0 Å². The summed E-state index contributed by atoms with van der Waals surface area (Å²) in [5.41, 5.74) is 0.0672. The molecule has 9 heteroatoms. The molecular formula is C20H19F3N4O2. The Morgan fingerprint density at radius 3 is 2.38 bits per heavy atom. The van der Waals surface area contributed by atoms with Crippen molar-refractivity contribution in [3.05, 3.63) is 54.1 Å². The number of nitrogens with zero attached hydrogens (tertiary/aromatic N) is 3. The van der Waals surface area contributed by atoms with E-state index in [0.717, 1.165) is 12.1 Å². The quantitative estimate of drug-likeness (QED) is 0.683. The van der Waals surface area contributed by atoms with E-state index in [0.29, 0.717) is 22.2 Å². The third kappa shape index (κ3) is 5.18. The maximum atomic E-state index is 12.8. The Morgan fingerprint density at radius 2 is 1.76 bits per heavy atom. The summed E-state index contributed by atoms with van der Waals surface area (Å²) in [6, 6.07) is 6.41. The first-order chi connectivity index (χ1) is 13.5. The van der Waals surface area contributed by atoms with Gasteiger partial charge >= 0.3 is 12.3 Å². The Labute approximate surface area is 165 Å². The van der Waals surface area contributed by atoms with Crippen LogP contribution in [0.2, 0.25) is 0 Å². The molecule has 0 aliphatic rings. The van der Waals surface area contributed by atoms with Crippen LogP contribution < -0.4 is 5.32 Å². The molecule has 0 unspecified atom stereocenters. The lowest BCUT2D eigenvalue weighted by molar-refractivity contribution is -0.137. The van der Waals surface area contributed by atoms with E-state index in [4.69, 9.17) is 4.74 Å². The molecule has 0 saturated carbocycles. The second-order valence-electron chi connectivity index (χ2n) is 7.31. The number of aromatic nitrogens is 3. The number of halogens is 3. The number of ether oxygens (including phenoxy) is 1. The number of alkyl halides is 3. The first-order valence-electron chi connectivity index (χ1n) is 8.78. The monoisotopic (exact) mass is 404 g/mol. The first kappa shape index (κ1) is 20.5. The highest BCUT2D eigenvalue weighted by Gasteiger charge is 2.30. The van der Waals surface area contributed by atoms with E-state index in [-0.39, 0.29) is 12.4 Å². The third-order valence-electron chi connectivity index (χ3n) is 3.82. The molecule has 0 radical (unpaired) electrons. The van der Waals surface area contributed by atoms with Gasteiger partial charge in [-0.05, 0) is 39.0 Å². The van der Waals surface area contributed by atoms with Crippen LogP contribution in [0.1, 0.15) is 32.2 Å². The van der Waals surface area contributed by atoms with Crippen LogP contribution >= 0.6 is 0 Å². The van der Waals surface area contributed by atoms with Gasteiger partial charge in [-0.25, -0.2) is 14.8 Å². The average Bonchev–Trinajstić information content (AvgIpc) is 2.64. The number of fused-ring (bicyclic) bond motifs is 1. The van der Waals surface area contributed by atoms with Crippen molar-refractivity contribution in [2.75, 3.05) is 0 Å². The fourth-order valence-corrected chi connectivity index (χ4v) is 2.61. The largest absolute Gasteiger partial charge is 0.444 e. The van der Waals surface area contributed by atoms with Gasteiger partial charge in [-0.15, -0.1) is 0 Å². The summed E-state index contributed by atoms with van der Waals surface area (Å²) in [6.07, 6.45) is -1.96.